The molecule has 2 fully saturated rings. The topological polar surface area (TPSA) is 43.2 Å². The van der Waals surface area contributed by atoms with Gasteiger partial charge in [0.15, 0.2) is 0 Å². The van der Waals surface area contributed by atoms with Crippen LogP contribution in [0.2, 0.25) is 0 Å². The molecule has 1 atom stereocenters. The van der Waals surface area contributed by atoms with E-state index in [1.165, 1.54) is 19.4 Å². The van der Waals surface area contributed by atoms with Crippen molar-refractivity contribution in [3.63, 3.8) is 0 Å². The maximum atomic E-state index is 8.75. The minimum atomic E-state index is 0.633. The van der Waals surface area contributed by atoms with Gasteiger partial charge in [0.1, 0.15) is 11.9 Å². The van der Waals surface area contributed by atoms with Gasteiger partial charge in [-0.25, -0.2) is 4.98 Å². The van der Waals surface area contributed by atoms with Crippen LogP contribution in [0.25, 0.3) is 0 Å². The number of anilines is 1. The van der Waals surface area contributed by atoms with Gasteiger partial charge in [0.25, 0.3) is 0 Å². The van der Waals surface area contributed by atoms with Crippen molar-refractivity contribution in [2.24, 2.45) is 0 Å². The monoisotopic (exact) mass is 228 g/mol. The summed E-state index contributed by atoms with van der Waals surface area (Å²) in [6.45, 7) is 4.54. The molecule has 2 aliphatic rings. The molecule has 2 aliphatic heterocycles. The van der Waals surface area contributed by atoms with Gasteiger partial charge in [-0.15, -0.1) is 0 Å². The third-order valence-corrected chi connectivity index (χ3v) is 3.79. The SMILES string of the molecule is N#Cc1ccc(N2CCN3CCC[C@H]3C2)nc1. The normalized spacial score (nSPS) is 24.4. The molecule has 88 valence electrons. The lowest BCUT2D eigenvalue weighted by Crippen LogP contribution is -2.50. The van der Waals surface area contributed by atoms with Gasteiger partial charge in [0, 0.05) is 31.9 Å². The average molecular weight is 228 g/mol. The van der Waals surface area contributed by atoms with Crippen LogP contribution in [0, 0.1) is 11.3 Å². The number of piperazine rings is 1. The van der Waals surface area contributed by atoms with Crippen LogP contribution in [-0.2, 0) is 0 Å². The fourth-order valence-corrected chi connectivity index (χ4v) is 2.84. The number of nitriles is 1. The van der Waals surface area contributed by atoms with Crippen LogP contribution in [0.4, 0.5) is 5.82 Å². The predicted octanol–water partition coefficient (Wildman–Crippen LogP) is 1.24. The van der Waals surface area contributed by atoms with Crippen LogP contribution >= 0.6 is 0 Å². The van der Waals surface area contributed by atoms with Gasteiger partial charge in [0.2, 0.25) is 0 Å². The Morgan fingerprint density at radius 1 is 1.29 bits per heavy atom. The van der Waals surface area contributed by atoms with Gasteiger partial charge >= 0.3 is 0 Å². The number of aromatic nitrogens is 1. The molecule has 0 aromatic carbocycles. The first-order valence-electron chi connectivity index (χ1n) is 6.22. The van der Waals surface area contributed by atoms with Crippen LogP contribution in [0.5, 0.6) is 0 Å². The van der Waals surface area contributed by atoms with E-state index in [2.05, 4.69) is 20.9 Å². The molecule has 0 amide bonds. The summed E-state index contributed by atoms with van der Waals surface area (Å²) >= 11 is 0. The maximum Gasteiger partial charge on any atom is 0.128 e. The molecule has 2 saturated heterocycles. The largest absolute Gasteiger partial charge is 0.354 e. The highest BCUT2D eigenvalue weighted by Gasteiger charge is 2.30. The van der Waals surface area contributed by atoms with E-state index in [0.29, 0.717) is 11.6 Å². The zero-order valence-electron chi connectivity index (χ0n) is 9.84. The molecule has 0 N–H and O–H groups in total. The Morgan fingerprint density at radius 3 is 3.00 bits per heavy atom. The number of fused-ring (bicyclic) bond motifs is 1. The van der Waals surface area contributed by atoms with Crippen LogP contribution in [0.1, 0.15) is 18.4 Å². The van der Waals surface area contributed by atoms with E-state index in [4.69, 9.17) is 5.26 Å². The summed E-state index contributed by atoms with van der Waals surface area (Å²) in [6, 6.07) is 6.63. The van der Waals surface area contributed by atoms with Gasteiger partial charge in [-0.2, -0.15) is 5.26 Å². The first-order chi connectivity index (χ1) is 8.36. The molecule has 0 unspecified atom stereocenters. The van der Waals surface area contributed by atoms with E-state index in [-0.39, 0.29) is 0 Å². The highest BCUT2D eigenvalue weighted by atomic mass is 15.3. The molecule has 4 nitrogen and oxygen atoms in total. The van der Waals surface area contributed by atoms with Gasteiger partial charge in [-0.3, -0.25) is 4.90 Å². The molecule has 0 radical (unpaired) electrons. The van der Waals surface area contributed by atoms with E-state index in [0.717, 1.165) is 25.5 Å². The molecule has 0 spiro atoms. The quantitative estimate of drug-likeness (QED) is 0.725. The average Bonchev–Trinajstić information content (AvgIpc) is 2.86. The van der Waals surface area contributed by atoms with Crippen LogP contribution in [0.15, 0.2) is 18.3 Å². The summed E-state index contributed by atoms with van der Waals surface area (Å²) in [5.41, 5.74) is 0.633. The van der Waals surface area contributed by atoms with Gasteiger partial charge < -0.3 is 4.90 Å². The minimum absolute atomic E-state index is 0.633. The Hall–Kier alpha value is -1.60. The smallest absolute Gasteiger partial charge is 0.128 e. The molecule has 3 rings (SSSR count). The summed E-state index contributed by atoms with van der Waals surface area (Å²) < 4.78 is 0. The third kappa shape index (κ3) is 1.98. The standard InChI is InChI=1S/C13H16N4/c14-8-11-3-4-13(15-9-11)17-7-6-16-5-1-2-12(16)10-17/h3-4,9,12H,1-2,5-7,10H2/t12-/m0/s1. The van der Waals surface area contributed by atoms with Crippen molar-refractivity contribution in [3.05, 3.63) is 23.9 Å². The summed E-state index contributed by atoms with van der Waals surface area (Å²) in [7, 11) is 0. The molecular formula is C13H16N4. The lowest BCUT2D eigenvalue weighted by atomic mass is 10.1. The summed E-state index contributed by atoms with van der Waals surface area (Å²) in [4.78, 5) is 9.30. The summed E-state index contributed by atoms with van der Waals surface area (Å²) in [5.74, 6) is 1.01. The number of rotatable bonds is 1. The fourth-order valence-electron chi connectivity index (χ4n) is 2.84. The summed E-state index contributed by atoms with van der Waals surface area (Å²) in [5, 5.41) is 8.75. The highest BCUT2D eigenvalue weighted by molar-refractivity contribution is 5.42. The Labute approximate surface area is 101 Å². The Balaban J connectivity index is 1.74. The molecule has 3 heterocycles. The zero-order chi connectivity index (χ0) is 11.7. The molecule has 17 heavy (non-hydrogen) atoms. The molecule has 0 saturated carbocycles. The zero-order valence-corrected chi connectivity index (χ0v) is 9.84. The van der Waals surface area contributed by atoms with E-state index in [9.17, 15) is 0 Å². The lowest BCUT2D eigenvalue weighted by molar-refractivity contribution is 0.230. The van der Waals surface area contributed by atoms with E-state index in [1.807, 2.05) is 12.1 Å². The number of hydrogen-bond acceptors (Lipinski definition) is 4. The third-order valence-electron chi connectivity index (χ3n) is 3.79. The van der Waals surface area contributed by atoms with Crippen molar-refractivity contribution < 1.29 is 0 Å². The van der Waals surface area contributed by atoms with Crippen molar-refractivity contribution >= 4 is 5.82 Å². The minimum Gasteiger partial charge on any atom is -0.354 e. The maximum absolute atomic E-state index is 8.75. The molecule has 0 bridgehead atoms. The Kier molecular flexibility index (Phi) is 2.69. The van der Waals surface area contributed by atoms with Crippen molar-refractivity contribution in [2.45, 2.75) is 18.9 Å². The molecule has 0 aliphatic carbocycles. The number of pyridine rings is 1. The van der Waals surface area contributed by atoms with E-state index < -0.39 is 0 Å². The van der Waals surface area contributed by atoms with Crippen LogP contribution in [-0.4, -0.2) is 42.1 Å². The second kappa shape index (κ2) is 4.34. The van der Waals surface area contributed by atoms with Crippen molar-refractivity contribution in [3.8, 4) is 6.07 Å². The Bertz CT molecular complexity index is 434. The van der Waals surface area contributed by atoms with Crippen LogP contribution in [0.3, 0.4) is 0 Å². The first-order valence-corrected chi connectivity index (χ1v) is 6.22. The fraction of sp³-hybridized carbons (Fsp3) is 0.538. The first kappa shape index (κ1) is 10.5. The molecular weight excluding hydrogens is 212 g/mol. The van der Waals surface area contributed by atoms with Gasteiger partial charge in [0.05, 0.1) is 5.56 Å². The predicted molar refractivity (Wildman–Crippen MR) is 65.8 cm³/mol. The highest BCUT2D eigenvalue weighted by Crippen LogP contribution is 2.24. The molecule has 1 aromatic heterocycles. The number of nitrogens with zero attached hydrogens (tertiary/aromatic N) is 4. The Morgan fingerprint density at radius 2 is 2.24 bits per heavy atom. The van der Waals surface area contributed by atoms with Gasteiger partial charge in [-0.05, 0) is 31.5 Å². The second-order valence-electron chi connectivity index (χ2n) is 4.79. The van der Waals surface area contributed by atoms with Crippen molar-refractivity contribution in [1.29, 1.82) is 5.26 Å². The molecule has 4 heteroatoms. The molecule has 1 aromatic rings. The number of hydrogen-bond donors (Lipinski definition) is 0. The van der Waals surface area contributed by atoms with E-state index in [1.54, 1.807) is 6.20 Å². The van der Waals surface area contributed by atoms with Gasteiger partial charge in [-0.1, -0.05) is 0 Å². The second-order valence-corrected chi connectivity index (χ2v) is 4.79. The lowest BCUT2D eigenvalue weighted by Gasteiger charge is -2.38. The summed E-state index contributed by atoms with van der Waals surface area (Å²) in [6.07, 6.45) is 4.31. The van der Waals surface area contributed by atoms with Crippen molar-refractivity contribution in [1.82, 2.24) is 9.88 Å². The van der Waals surface area contributed by atoms with Crippen molar-refractivity contribution in [2.75, 3.05) is 31.1 Å². The van der Waals surface area contributed by atoms with Crippen LogP contribution < -0.4 is 4.90 Å². The van der Waals surface area contributed by atoms with E-state index >= 15 is 0 Å².